The number of fused-ring (bicyclic) bond motifs is 1. The Morgan fingerprint density at radius 2 is 2.12 bits per heavy atom. The van der Waals surface area contributed by atoms with Crippen molar-refractivity contribution < 1.29 is 9.59 Å². The molecule has 1 saturated carbocycles. The van der Waals surface area contributed by atoms with E-state index in [1.165, 1.54) is 4.63 Å². The molecule has 1 fully saturated rings. The third kappa shape index (κ3) is 2.92. The maximum Gasteiger partial charge on any atom is 0.274 e. The van der Waals surface area contributed by atoms with Crippen molar-refractivity contribution in [2.45, 2.75) is 31.8 Å². The fraction of sp³-hybridized carbons (Fsp3) is 0.353. The van der Waals surface area contributed by atoms with E-state index in [4.69, 9.17) is 0 Å². The van der Waals surface area contributed by atoms with E-state index in [0.29, 0.717) is 24.2 Å². The zero-order valence-corrected chi connectivity index (χ0v) is 14.5. The van der Waals surface area contributed by atoms with Gasteiger partial charge < -0.3 is 10.2 Å². The monoisotopic (exact) mass is 353 g/mol. The molecule has 3 heterocycles. The van der Waals surface area contributed by atoms with Crippen LogP contribution in [0.3, 0.4) is 0 Å². The van der Waals surface area contributed by atoms with Crippen molar-refractivity contribution in [3.63, 3.8) is 0 Å². The molecule has 4 rings (SSSR count). The molecule has 2 amide bonds. The van der Waals surface area contributed by atoms with Crippen molar-refractivity contribution in [1.82, 2.24) is 35.2 Å². The molecule has 0 aliphatic heterocycles. The van der Waals surface area contributed by atoms with Crippen LogP contribution in [0.25, 0.3) is 5.52 Å². The number of H-pyrrole nitrogens is 1. The highest BCUT2D eigenvalue weighted by Crippen LogP contribution is 2.26. The molecule has 2 N–H and O–H groups in total. The topological polar surface area (TPSA) is 108 Å². The molecule has 1 aliphatic rings. The standard InChI is InChI=1S/C17H19N7O2/c1-10-6-14(21-20-10)16(25)19-11-7-13(8-11)23(2)17(26)15-9-12-4-3-5-18-24(12)22-15/h3-6,9,11,13H,7-8H2,1-2H3,(H,19,25)(H,20,21). The van der Waals surface area contributed by atoms with Crippen molar-refractivity contribution in [3.8, 4) is 0 Å². The molecule has 0 saturated heterocycles. The Kier molecular flexibility index (Phi) is 3.90. The number of rotatable bonds is 4. The van der Waals surface area contributed by atoms with Gasteiger partial charge in [-0.05, 0) is 44.0 Å². The molecule has 9 nitrogen and oxygen atoms in total. The maximum absolute atomic E-state index is 12.6. The first kappa shape index (κ1) is 16.2. The number of hydrogen-bond donors (Lipinski definition) is 2. The van der Waals surface area contributed by atoms with Crippen LogP contribution in [0.15, 0.2) is 30.5 Å². The molecule has 1 aliphatic carbocycles. The lowest BCUT2D eigenvalue weighted by Gasteiger charge is -2.41. The van der Waals surface area contributed by atoms with Gasteiger partial charge >= 0.3 is 0 Å². The number of carbonyl (C=O) groups excluding carboxylic acids is 2. The molecular formula is C17H19N7O2. The van der Waals surface area contributed by atoms with Gasteiger partial charge in [-0.25, -0.2) is 0 Å². The average molecular weight is 353 g/mol. The van der Waals surface area contributed by atoms with Crippen LogP contribution in [-0.2, 0) is 0 Å². The average Bonchev–Trinajstić information content (AvgIpc) is 3.22. The SMILES string of the molecule is Cc1cc(C(=O)NC2CC(N(C)C(=O)c3cc4cccnn4n3)C2)n[nH]1. The second kappa shape index (κ2) is 6.25. The molecule has 0 bridgehead atoms. The van der Waals surface area contributed by atoms with E-state index in [1.54, 1.807) is 36.3 Å². The van der Waals surface area contributed by atoms with Crippen molar-refractivity contribution >= 4 is 17.3 Å². The Labute approximate surface area is 149 Å². The van der Waals surface area contributed by atoms with Crippen LogP contribution in [0.1, 0.15) is 39.5 Å². The van der Waals surface area contributed by atoms with Gasteiger partial charge in [0.05, 0.1) is 5.52 Å². The summed E-state index contributed by atoms with van der Waals surface area (Å²) in [6, 6.07) is 7.20. The number of hydrogen-bond acceptors (Lipinski definition) is 5. The van der Waals surface area contributed by atoms with Crippen molar-refractivity contribution in [3.05, 3.63) is 47.5 Å². The molecule has 0 atom stereocenters. The lowest BCUT2D eigenvalue weighted by molar-refractivity contribution is 0.0578. The molecule has 3 aromatic heterocycles. The second-order valence-corrected chi connectivity index (χ2v) is 6.62. The molecule has 0 radical (unpaired) electrons. The second-order valence-electron chi connectivity index (χ2n) is 6.62. The fourth-order valence-electron chi connectivity index (χ4n) is 3.10. The van der Waals surface area contributed by atoms with Crippen LogP contribution >= 0.6 is 0 Å². The first-order valence-electron chi connectivity index (χ1n) is 8.42. The van der Waals surface area contributed by atoms with E-state index in [0.717, 1.165) is 11.2 Å². The van der Waals surface area contributed by atoms with Crippen LogP contribution in [-0.4, -0.2) is 60.9 Å². The first-order valence-corrected chi connectivity index (χ1v) is 8.42. The maximum atomic E-state index is 12.6. The normalized spacial score (nSPS) is 19.2. The Hall–Kier alpha value is -3.23. The lowest BCUT2D eigenvalue weighted by Crippen LogP contribution is -2.54. The largest absolute Gasteiger partial charge is 0.348 e. The van der Waals surface area contributed by atoms with Gasteiger partial charge in [-0.2, -0.15) is 14.8 Å². The highest BCUT2D eigenvalue weighted by atomic mass is 16.2. The van der Waals surface area contributed by atoms with E-state index < -0.39 is 0 Å². The van der Waals surface area contributed by atoms with E-state index in [1.807, 2.05) is 13.0 Å². The number of aryl methyl sites for hydroxylation is 1. The minimum Gasteiger partial charge on any atom is -0.348 e. The van der Waals surface area contributed by atoms with Crippen LogP contribution in [0.4, 0.5) is 0 Å². The summed E-state index contributed by atoms with van der Waals surface area (Å²) in [5, 5.41) is 17.9. The third-order valence-corrected chi connectivity index (χ3v) is 4.72. The van der Waals surface area contributed by atoms with Gasteiger partial charge in [0, 0.05) is 31.0 Å². The lowest BCUT2D eigenvalue weighted by atomic mass is 9.85. The van der Waals surface area contributed by atoms with Crippen molar-refractivity contribution in [1.29, 1.82) is 0 Å². The first-order chi connectivity index (χ1) is 12.5. The number of amides is 2. The summed E-state index contributed by atoms with van der Waals surface area (Å²) in [4.78, 5) is 26.4. The van der Waals surface area contributed by atoms with Crippen LogP contribution < -0.4 is 5.32 Å². The minimum atomic E-state index is -0.196. The zero-order chi connectivity index (χ0) is 18.3. The quantitative estimate of drug-likeness (QED) is 0.721. The van der Waals surface area contributed by atoms with Crippen molar-refractivity contribution in [2.24, 2.45) is 0 Å². The molecule has 0 spiro atoms. The van der Waals surface area contributed by atoms with E-state index in [-0.39, 0.29) is 23.9 Å². The van der Waals surface area contributed by atoms with Gasteiger partial charge in [-0.1, -0.05) is 0 Å². The van der Waals surface area contributed by atoms with Gasteiger partial charge in [0.25, 0.3) is 11.8 Å². The summed E-state index contributed by atoms with van der Waals surface area (Å²) in [6.45, 7) is 1.85. The predicted molar refractivity (Wildman–Crippen MR) is 92.7 cm³/mol. The van der Waals surface area contributed by atoms with E-state index in [9.17, 15) is 9.59 Å². The highest BCUT2D eigenvalue weighted by Gasteiger charge is 2.36. The summed E-state index contributed by atoms with van der Waals surface area (Å²) in [7, 11) is 1.76. The zero-order valence-electron chi connectivity index (χ0n) is 14.5. The summed E-state index contributed by atoms with van der Waals surface area (Å²) < 4.78 is 1.44. The number of nitrogens with zero attached hydrogens (tertiary/aromatic N) is 5. The van der Waals surface area contributed by atoms with E-state index >= 15 is 0 Å². The molecule has 134 valence electrons. The Morgan fingerprint density at radius 1 is 1.31 bits per heavy atom. The highest BCUT2D eigenvalue weighted by molar-refractivity contribution is 5.94. The number of carbonyl (C=O) groups is 2. The molecular weight excluding hydrogens is 334 g/mol. The Bertz CT molecular complexity index is 937. The Morgan fingerprint density at radius 3 is 2.81 bits per heavy atom. The third-order valence-electron chi connectivity index (χ3n) is 4.72. The van der Waals surface area contributed by atoms with Crippen molar-refractivity contribution in [2.75, 3.05) is 7.05 Å². The number of aromatic amines is 1. The van der Waals surface area contributed by atoms with Crippen LogP contribution in [0.2, 0.25) is 0 Å². The summed E-state index contributed by atoms with van der Waals surface area (Å²) in [6.07, 6.45) is 3.05. The van der Waals surface area contributed by atoms with Gasteiger partial charge in [0.1, 0.15) is 5.69 Å². The van der Waals surface area contributed by atoms with Gasteiger partial charge in [-0.3, -0.25) is 14.7 Å². The van der Waals surface area contributed by atoms with Gasteiger partial charge in [0.15, 0.2) is 5.69 Å². The fourth-order valence-corrected chi connectivity index (χ4v) is 3.10. The minimum absolute atomic E-state index is 0.0440. The molecule has 9 heteroatoms. The molecule has 0 aromatic carbocycles. The summed E-state index contributed by atoms with van der Waals surface area (Å²) in [5.74, 6) is -0.341. The number of aromatic nitrogens is 5. The number of nitrogens with one attached hydrogen (secondary N) is 2. The molecule has 0 unspecified atom stereocenters. The Balaban J connectivity index is 1.34. The summed E-state index contributed by atoms with van der Waals surface area (Å²) >= 11 is 0. The predicted octanol–water partition coefficient (Wildman–Crippen LogP) is 0.794. The summed E-state index contributed by atoms with van der Waals surface area (Å²) in [5.41, 5.74) is 2.37. The van der Waals surface area contributed by atoms with Crippen LogP contribution in [0, 0.1) is 6.92 Å². The van der Waals surface area contributed by atoms with Crippen LogP contribution in [0.5, 0.6) is 0 Å². The molecule has 26 heavy (non-hydrogen) atoms. The van der Waals surface area contributed by atoms with Gasteiger partial charge in [0.2, 0.25) is 0 Å². The van der Waals surface area contributed by atoms with E-state index in [2.05, 4.69) is 25.7 Å². The smallest absolute Gasteiger partial charge is 0.274 e. The van der Waals surface area contributed by atoms with Gasteiger partial charge in [-0.15, -0.1) is 5.10 Å². The molecule has 3 aromatic rings.